The van der Waals surface area contributed by atoms with Crippen LogP contribution in [0.15, 0.2) is 78.4 Å². The summed E-state index contributed by atoms with van der Waals surface area (Å²) < 4.78 is 0. The van der Waals surface area contributed by atoms with Crippen LogP contribution in [-0.2, 0) is 9.59 Å². The fourth-order valence-electron chi connectivity index (χ4n) is 4.73. The van der Waals surface area contributed by atoms with Gasteiger partial charge in [0.1, 0.15) is 0 Å². The number of hydrogen-bond acceptors (Lipinski definition) is 2. The number of allylic oxidation sites excluding steroid dienone is 3. The molecule has 4 atom stereocenters. The number of fused-ring (bicyclic) bond motifs is 5. The summed E-state index contributed by atoms with van der Waals surface area (Å²) in [5, 5.41) is 2.52. The zero-order valence-corrected chi connectivity index (χ0v) is 13.6. The summed E-state index contributed by atoms with van der Waals surface area (Å²) in [5.74, 6) is -0.719. The minimum absolute atomic E-state index is 0.0110. The summed E-state index contributed by atoms with van der Waals surface area (Å²) >= 11 is 0. The summed E-state index contributed by atoms with van der Waals surface area (Å²) in [5.41, 5.74) is 4.65. The lowest BCUT2D eigenvalue weighted by atomic mass is 9.85. The molecular weight excluding hydrogens is 310 g/mol. The standard InChI is InChI=1S/C22H17NO2/c24-21-19-15-11-12-16(20(19)22(25)23-21)18(15)17(13-7-3-1-4-8-13)14-9-5-2-6-10-14/h1-12,15-16,19-20H,(H,23,24,25)/t15-,16-,19+,20+/m0/s1. The van der Waals surface area contributed by atoms with E-state index in [1.165, 1.54) is 5.57 Å². The Bertz CT molecular complexity index is 854. The predicted octanol–water partition coefficient (Wildman–Crippen LogP) is 3.19. The monoisotopic (exact) mass is 327 g/mol. The molecule has 2 aliphatic carbocycles. The molecule has 1 aliphatic heterocycles. The maximum atomic E-state index is 12.3. The Morgan fingerprint density at radius 2 is 1.12 bits per heavy atom. The van der Waals surface area contributed by atoms with Gasteiger partial charge in [-0.25, -0.2) is 0 Å². The third kappa shape index (κ3) is 1.99. The molecule has 2 aromatic carbocycles. The molecule has 2 aromatic rings. The first-order valence-corrected chi connectivity index (χ1v) is 8.63. The van der Waals surface area contributed by atoms with E-state index in [0.717, 1.165) is 16.7 Å². The molecule has 3 aliphatic rings. The SMILES string of the molecule is O=C1NC(=O)[C@H]2[C@H]1[C@H]1C=C[C@H]2C1=C(c1ccccc1)c1ccccc1. The molecule has 5 rings (SSSR count). The Labute approximate surface area is 146 Å². The molecule has 0 aromatic heterocycles. The van der Waals surface area contributed by atoms with Crippen molar-refractivity contribution in [1.82, 2.24) is 5.32 Å². The van der Waals surface area contributed by atoms with Gasteiger partial charge in [-0.3, -0.25) is 14.9 Å². The van der Waals surface area contributed by atoms with E-state index in [1.807, 2.05) is 36.4 Å². The summed E-state index contributed by atoms with van der Waals surface area (Å²) in [4.78, 5) is 24.6. The molecule has 1 saturated heterocycles. The highest BCUT2D eigenvalue weighted by Gasteiger charge is 2.59. The second kappa shape index (κ2) is 5.28. The van der Waals surface area contributed by atoms with Crippen molar-refractivity contribution in [2.45, 2.75) is 0 Å². The van der Waals surface area contributed by atoms with Gasteiger partial charge >= 0.3 is 0 Å². The third-order valence-electron chi connectivity index (χ3n) is 5.67. The lowest BCUT2D eigenvalue weighted by Crippen LogP contribution is -2.26. The summed E-state index contributed by atoms with van der Waals surface area (Å²) in [7, 11) is 0. The van der Waals surface area contributed by atoms with Crippen molar-refractivity contribution in [3.05, 3.63) is 89.5 Å². The Morgan fingerprint density at radius 1 is 0.680 bits per heavy atom. The van der Waals surface area contributed by atoms with Crippen LogP contribution in [0.25, 0.3) is 5.57 Å². The van der Waals surface area contributed by atoms with E-state index in [1.54, 1.807) is 0 Å². The van der Waals surface area contributed by atoms with Crippen LogP contribution in [-0.4, -0.2) is 11.8 Å². The van der Waals surface area contributed by atoms with E-state index in [2.05, 4.69) is 41.7 Å². The highest BCUT2D eigenvalue weighted by atomic mass is 16.2. The number of carbonyl (C=O) groups excluding carboxylic acids is 2. The quantitative estimate of drug-likeness (QED) is 0.680. The first kappa shape index (κ1) is 14.4. The highest BCUT2D eigenvalue weighted by molar-refractivity contribution is 6.08. The van der Waals surface area contributed by atoms with Crippen LogP contribution in [0.3, 0.4) is 0 Å². The molecule has 122 valence electrons. The van der Waals surface area contributed by atoms with Gasteiger partial charge in [0.15, 0.2) is 0 Å². The Kier molecular flexibility index (Phi) is 3.04. The van der Waals surface area contributed by atoms with Crippen molar-refractivity contribution < 1.29 is 9.59 Å². The minimum atomic E-state index is -0.250. The number of imide groups is 1. The fraction of sp³-hybridized carbons (Fsp3) is 0.182. The average Bonchev–Trinajstić information content (AvgIpc) is 3.29. The largest absolute Gasteiger partial charge is 0.296 e. The Morgan fingerprint density at radius 3 is 1.56 bits per heavy atom. The van der Waals surface area contributed by atoms with Gasteiger partial charge in [-0.15, -0.1) is 0 Å². The number of nitrogens with one attached hydrogen (secondary N) is 1. The van der Waals surface area contributed by atoms with Gasteiger partial charge in [0.25, 0.3) is 0 Å². The Hall–Kier alpha value is -2.94. The molecule has 0 radical (unpaired) electrons. The van der Waals surface area contributed by atoms with Crippen LogP contribution in [0.4, 0.5) is 0 Å². The van der Waals surface area contributed by atoms with Crippen molar-refractivity contribution in [3.8, 4) is 0 Å². The molecule has 3 heteroatoms. The van der Waals surface area contributed by atoms with Gasteiger partial charge in [-0.2, -0.15) is 0 Å². The molecule has 1 N–H and O–H groups in total. The second-order valence-electron chi connectivity index (χ2n) is 6.90. The zero-order valence-electron chi connectivity index (χ0n) is 13.6. The lowest BCUT2D eigenvalue weighted by Gasteiger charge is -2.18. The summed E-state index contributed by atoms with van der Waals surface area (Å²) in [6, 6.07) is 20.5. The first-order valence-electron chi connectivity index (χ1n) is 8.63. The van der Waals surface area contributed by atoms with E-state index in [-0.39, 0.29) is 35.5 Å². The summed E-state index contributed by atoms with van der Waals surface area (Å²) in [6.45, 7) is 0. The van der Waals surface area contributed by atoms with Crippen LogP contribution in [0.2, 0.25) is 0 Å². The van der Waals surface area contributed by atoms with Crippen LogP contribution in [0, 0.1) is 23.7 Å². The van der Waals surface area contributed by atoms with Gasteiger partial charge in [0, 0.05) is 11.8 Å². The van der Waals surface area contributed by atoms with Crippen LogP contribution >= 0.6 is 0 Å². The van der Waals surface area contributed by atoms with Gasteiger partial charge in [0.2, 0.25) is 11.8 Å². The molecule has 0 spiro atoms. The first-order chi connectivity index (χ1) is 12.3. The number of amides is 2. The molecular formula is C22H17NO2. The van der Waals surface area contributed by atoms with E-state index >= 15 is 0 Å². The molecule has 2 bridgehead atoms. The van der Waals surface area contributed by atoms with Crippen molar-refractivity contribution in [2.24, 2.45) is 23.7 Å². The molecule has 1 heterocycles. The van der Waals surface area contributed by atoms with E-state index in [4.69, 9.17) is 0 Å². The normalized spacial score (nSPS) is 29.0. The summed E-state index contributed by atoms with van der Waals surface area (Å²) in [6.07, 6.45) is 4.23. The minimum Gasteiger partial charge on any atom is -0.296 e. The topological polar surface area (TPSA) is 46.2 Å². The van der Waals surface area contributed by atoms with Crippen LogP contribution in [0.5, 0.6) is 0 Å². The number of benzene rings is 2. The van der Waals surface area contributed by atoms with Gasteiger partial charge in [0.05, 0.1) is 11.8 Å². The van der Waals surface area contributed by atoms with Crippen LogP contribution < -0.4 is 5.32 Å². The molecule has 2 fully saturated rings. The van der Waals surface area contributed by atoms with Gasteiger partial charge < -0.3 is 0 Å². The number of carbonyl (C=O) groups is 2. The van der Waals surface area contributed by atoms with E-state index < -0.39 is 0 Å². The van der Waals surface area contributed by atoms with Crippen LogP contribution in [0.1, 0.15) is 11.1 Å². The third-order valence-corrected chi connectivity index (χ3v) is 5.67. The number of rotatable bonds is 2. The van der Waals surface area contributed by atoms with E-state index in [9.17, 15) is 9.59 Å². The molecule has 1 saturated carbocycles. The maximum Gasteiger partial charge on any atom is 0.231 e. The molecule has 3 nitrogen and oxygen atoms in total. The van der Waals surface area contributed by atoms with Gasteiger partial charge in [-0.1, -0.05) is 72.8 Å². The molecule has 0 unspecified atom stereocenters. The number of hydrogen-bond donors (Lipinski definition) is 1. The van der Waals surface area contributed by atoms with E-state index in [0.29, 0.717) is 0 Å². The van der Waals surface area contributed by atoms with Crippen molar-refractivity contribution in [2.75, 3.05) is 0 Å². The lowest BCUT2D eigenvalue weighted by molar-refractivity contribution is -0.126. The van der Waals surface area contributed by atoms with Gasteiger partial charge in [-0.05, 0) is 22.3 Å². The molecule has 25 heavy (non-hydrogen) atoms. The highest BCUT2D eigenvalue weighted by Crippen LogP contribution is 2.56. The average molecular weight is 327 g/mol. The van der Waals surface area contributed by atoms with Crippen molar-refractivity contribution >= 4 is 17.4 Å². The second-order valence-corrected chi connectivity index (χ2v) is 6.90. The Balaban J connectivity index is 1.75. The van der Waals surface area contributed by atoms with Crippen molar-refractivity contribution in [1.29, 1.82) is 0 Å². The molecule has 2 amide bonds. The smallest absolute Gasteiger partial charge is 0.231 e. The fourth-order valence-corrected chi connectivity index (χ4v) is 4.73. The predicted molar refractivity (Wildman–Crippen MR) is 95.2 cm³/mol. The maximum absolute atomic E-state index is 12.3. The zero-order chi connectivity index (χ0) is 17.0. The van der Waals surface area contributed by atoms with Crippen molar-refractivity contribution in [3.63, 3.8) is 0 Å².